The van der Waals surface area contributed by atoms with E-state index in [9.17, 15) is 4.79 Å². The van der Waals surface area contributed by atoms with Crippen molar-refractivity contribution >= 4 is 5.91 Å². The molecule has 2 rings (SSSR count). The third-order valence-electron chi connectivity index (χ3n) is 4.06. The summed E-state index contributed by atoms with van der Waals surface area (Å²) < 4.78 is 2.00. The number of piperidine rings is 1. The van der Waals surface area contributed by atoms with Gasteiger partial charge in [-0.05, 0) is 18.8 Å². The van der Waals surface area contributed by atoms with Crippen LogP contribution < -0.4 is 5.32 Å². The van der Waals surface area contributed by atoms with Gasteiger partial charge in [0.2, 0.25) is 5.91 Å². The second-order valence-electron chi connectivity index (χ2n) is 5.83. The van der Waals surface area contributed by atoms with E-state index in [2.05, 4.69) is 30.5 Å². The summed E-state index contributed by atoms with van der Waals surface area (Å²) >= 11 is 0. The number of rotatable bonds is 5. The van der Waals surface area contributed by atoms with Crippen molar-refractivity contribution in [2.75, 3.05) is 13.1 Å². The molecule has 1 saturated heterocycles. The molecule has 5 heteroatoms. The van der Waals surface area contributed by atoms with Gasteiger partial charge in [-0.15, -0.1) is 0 Å². The number of aromatic nitrogens is 2. The molecule has 20 heavy (non-hydrogen) atoms. The van der Waals surface area contributed by atoms with Gasteiger partial charge in [-0.25, -0.2) is 0 Å². The highest BCUT2D eigenvalue weighted by atomic mass is 16.2. The molecule has 2 unspecified atom stereocenters. The zero-order valence-corrected chi connectivity index (χ0v) is 12.8. The van der Waals surface area contributed by atoms with Crippen molar-refractivity contribution < 1.29 is 4.79 Å². The average Bonchev–Trinajstić information content (AvgIpc) is 2.85. The molecule has 0 aromatic carbocycles. The van der Waals surface area contributed by atoms with Crippen LogP contribution in [0.25, 0.3) is 0 Å². The molecule has 0 saturated carbocycles. The lowest BCUT2D eigenvalue weighted by Crippen LogP contribution is -2.49. The van der Waals surface area contributed by atoms with Crippen LogP contribution in [0.4, 0.5) is 0 Å². The zero-order chi connectivity index (χ0) is 14.5. The van der Waals surface area contributed by atoms with Crippen molar-refractivity contribution in [2.45, 2.75) is 52.7 Å². The molecule has 0 radical (unpaired) electrons. The molecule has 2 heterocycles. The monoisotopic (exact) mass is 278 g/mol. The zero-order valence-electron chi connectivity index (χ0n) is 12.8. The highest BCUT2D eigenvalue weighted by molar-refractivity contribution is 5.73. The predicted molar refractivity (Wildman–Crippen MR) is 79.2 cm³/mol. The first-order valence-electron chi connectivity index (χ1n) is 7.60. The van der Waals surface area contributed by atoms with E-state index in [1.54, 1.807) is 6.92 Å². The van der Waals surface area contributed by atoms with E-state index < -0.39 is 0 Å². The molecule has 112 valence electrons. The first-order valence-corrected chi connectivity index (χ1v) is 7.60. The van der Waals surface area contributed by atoms with Gasteiger partial charge >= 0.3 is 0 Å². The van der Waals surface area contributed by atoms with Gasteiger partial charge in [0.25, 0.3) is 0 Å². The fraction of sp³-hybridized carbons (Fsp3) is 0.733. The van der Waals surface area contributed by atoms with E-state index in [1.165, 1.54) is 5.56 Å². The standard InChI is InChI=1S/C15H26N4O/c1-4-6-19-11-14(9-17-19)8-16-15-5-7-18(13(3)20)10-12(15)2/h9,11-12,15-16H,4-8,10H2,1-3H3. The van der Waals surface area contributed by atoms with Crippen molar-refractivity contribution in [1.82, 2.24) is 20.0 Å². The van der Waals surface area contributed by atoms with Gasteiger partial charge in [-0.3, -0.25) is 9.48 Å². The summed E-state index contributed by atoms with van der Waals surface area (Å²) in [6.07, 6.45) is 6.20. The Bertz CT molecular complexity index is 443. The summed E-state index contributed by atoms with van der Waals surface area (Å²) in [6.45, 7) is 9.60. The van der Waals surface area contributed by atoms with Crippen molar-refractivity contribution in [1.29, 1.82) is 0 Å². The minimum atomic E-state index is 0.191. The number of amides is 1. The molecule has 1 amide bonds. The molecule has 0 spiro atoms. The quantitative estimate of drug-likeness (QED) is 0.891. The summed E-state index contributed by atoms with van der Waals surface area (Å²) in [6, 6.07) is 0.486. The third-order valence-corrected chi connectivity index (χ3v) is 4.06. The molecule has 1 fully saturated rings. The van der Waals surface area contributed by atoms with Gasteiger partial charge < -0.3 is 10.2 Å². The van der Waals surface area contributed by atoms with Crippen LogP contribution in [0, 0.1) is 5.92 Å². The van der Waals surface area contributed by atoms with Crippen LogP contribution in [-0.4, -0.2) is 39.7 Å². The molecule has 1 aromatic rings. The number of hydrogen-bond donors (Lipinski definition) is 1. The van der Waals surface area contributed by atoms with Crippen molar-refractivity contribution in [3.8, 4) is 0 Å². The van der Waals surface area contributed by atoms with Crippen molar-refractivity contribution in [3.63, 3.8) is 0 Å². The summed E-state index contributed by atoms with van der Waals surface area (Å²) in [5.41, 5.74) is 1.24. The summed E-state index contributed by atoms with van der Waals surface area (Å²) in [7, 11) is 0. The van der Waals surface area contributed by atoms with E-state index in [1.807, 2.05) is 15.8 Å². The number of carbonyl (C=O) groups is 1. The van der Waals surface area contributed by atoms with Crippen molar-refractivity contribution in [2.24, 2.45) is 5.92 Å². The number of carbonyl (C=O) groups excluding carboxylic acids is 1. The molecule has 1 aliphatic heterocycles. The average molecular weight is 278 g/mol. The van der Waals surface area contributed by atoms with Gasteiger partial charge in [-0.2, -0.15) is 5.10 Å². The van der Waals surface area contributed by atoms with E-state index >= 15 is 0 Å². The van der Waals surface area contributed by atoms with Crippen LogP contribution >= 0.6 is 0 Å². The Hall–Kier alpha value is -1.36. The molecule has 2 atom stereocenters. The smallest absolute Gasteiger partial charge is 0.219 e. The maximum atomic E-state index is 11.4. The topological polar surface area (TPSA) is 50.2 Å². The Balaban J connectivity index is 1.80. The SMILES string of the molecule is CCCn1cc(CNC2CCN(C(C)=O)CC2C)cn1. The highest BCUT2D eigenvalue weighted by Crippen LogP contribution is 2.17. The molecular weight excluding hydrogens is 252 g/mol. The van der Waals surface area contributed by atoms with E-state index in [0.717, 1.165) is 39.0 Å². The first kappa shape index (κ1) is 15.0. The number of nitrogens with one attached hydrogen (secondary N) is 1. The number of nitrogens with zero attached hydrogens (tertiary/aromatic N) is 3. The van der Waals surface area contributed by atoms with Gasteiger partial charge in [0, 0.05) is 50.9 Å². The predicted octanol–water partition coefficient (Wildman–Crippen LogP) is 1.64. The number of hydrogen-bond acceptors (Lipinski definition) is 3. The van der Waals surface area contributed by atoms with Crippen LogP contribution in [0.2, 0.25) is 0 Å². The fourth-order valence-corrected chi connectivity index (χ4v) is 2.83. The second-order valence-corrected chi connectivity index (χ2v) is 5.83. The molecule has 0 bridgehead atoms. The van der Waals surface area contributed by atoms with Crippen LogP contribution in [0.5, 0.6) is 0 Å². The maximum absolute atomic E-state index is 11.4. The maximum Gasteiger partial charge on any atom is 0.219 e. The first-order chi connectivity index (χ1) is 9.60. The van der Waals surface area contributed by atoms with Crippen LogP contribution in [0.3, 0.4) is 0 Å². The minimum Gasteiger partial charge on any atom is -0.343 e. The summed E-state index contributed by atoms with van der Waals surface area (Å²) in [5.74, 6) is 0.689. The molecular formula is C15H26N4O. The normalized spacial score (nSPS) is 23.1. The van der Waals surface area contributed by atoms with Gasteiger partial charge in [0.05, 0.1) is 6.20 Å². The Morgan fingerprint density at radius 2 is 2.35 bits per heavy atom. The van der Waals surface area contributed by atoms with E-state index in [-0.39, 0.29) is 5.91 Å². The van der Waals surface area contributed by atoms with Gasteiger partial charge in [-0.1, -0.05) is 13.8 Å². The lowest BCUT2D eigenvalue weighted by molar-refractivity contribution is -0.130. The molecule has 5 nitrogen and oxygen atoms in total. The van der Waals surface area contributed by atoms with Gasteiger partial charge in [0.1, 0.15) is 0 Å². The lowest BCUT2D eigenvalue weighted by atomic mass is 9.93. The van der Waals surface area contributed by atoms with E-state index in [0.29, 0.717) is 12.0 Å². The van der Waals surface area contributed by atoms with Crippen molar-refractivity contribution in [3.05, 3.63) is 18.0 Å². The number of aryl methyl sites for hydroxylation is 1. The van der Waals surface area contributed by atoms with E-state index in [4.69, 9.17) is 0 Å². The largest absolute Gasteiger partial charge is 0.343 e. The molecule has 0 aliphatic carbocycles. The Labute approximate surface area is 121 Å². The van der Waals surface area contributed by atoms with Gasteiger partial charge in [0.15, 0.2) is 0 Å². The molecule has 1 aromatic heterocycles. The fourth-order valence-electron chi connectivity index (χ4n) is 2.83. The minimum absolute atomic E-state index is 0.191. The Kier molecular flexibility index (Phi) is 5.17. The molecule has 1 N–H and O–H groups in total. The van der Waals surface area contributed by atoms with Crippen LogP contribution in [0.1, 0.15) is 39.2 Å². The second kappa shape index (κ2) is 6.88. The lowest BCUT2D eigenvalue weighted by Gasteiger charge is -2.37. The third kappa shape index (κ3) is 3.82. The summed E-state index contributed by atoms with van der Waals surface area (Å²) in [4.78, 5) is 13.3. The Morgan fingerprint density at radius 3 is 3.00 bits per heavy atom. The number of likely N-dealkylation sites (tertiary alicyclic amines) is 1. The Morgan fingerprint density at radius 1 is 1.55 bits per heavy atom. The van der Waals surface area contributed by atoms with Crippen LogP contribution in [0.15, 0.2) is 12.4 Å². The van der Waals surface area contributed by atoms with Crippen LogP contribution in [-0.2, 0) is 17.9 Å². The molecule has 1 aliphatic rings. The highest BCUT2D eigenvalue weighted by Gasteiger charge is 2.26. The summed E-state index contributed by atoms with van der Waals surface area (Å²) in [5, 5.41) is 7.96.